The van der Waals surface area contributed by atoms with E-state index in [-0.39, 0.29) is 10.8 Å². The summed E-state index contributed by atoms with van der Waals surface area (Å²) in [5.74, 6) is 1.79. The van der Waals surface area contributed by atoms with Crippen LogP contribution in [0.2, 0.25) is 0 Å². The molecular weight excluding hydrogens is 667 g/mol. The maximum absolute atomic E-state index is 6.75. The number of hydrogen-bond acceptors (Lipinski definition) is 2. The van der Waals surface area contributed by atoms with Crippen LogP contribution in [0.4, 0.5) is 11.4 Å². The van der Waals surface area contributed by atoms with Crippen LogP contribution >= 0.6 is 0 Å². The van der Waals surface area contributed by atoms with Gasteiger partial charge in [-0.2, -0.15) is 0 Å². The number of hydrogen-bond donors (Lipinski definition) is 0. The Kier molecular flexibility index (Phi) is 6.35. The van der Waals surface area contributed by atoms with Gasteiger partial charge in [0.2, 0.25) is 0 Å². The molecular formula is C53H45NO. The lowest BCUT2D eigenvalue weighted by atomic mass is 9.78. The third-order valence-electron chi connectivity index (χ3n) is 14.3. The molecule has 6 aliphatic rings. The van der Waals surface area contributed by atoms with Gasteiger partial charge >= 0.3 is 0 Å². The van der Waals surface area contributed by atoms with Crippen LogP contribution in [0.15, 0.2) is 143 Å². The highest BCUT2D eigenvalue weighted by atomic mass is 16.3. The zero-order chi connectivity index (χ0) is 36.8. The highest BCUT2D eigenvalue weighted by Crippen LogP contribution is 2.57. The Balaban J connectivity index is 1.08. The predicted octanol–water partition coefficient (Wildman–Crippen LogP) is 13.9. The van der Waals surface area contributed by atoms with Gasteiger partial charge in [0.1, 0.15) is 11.2 Å². The first-order chi connectivity index (χ1) is 26.8. The van der Waals surface area contributed by atoms with Crippen LogP contribution in [-0.2, 0) is 17.3 Å². The Hall–Kier alpha value is -5.60. The number of allylic oxidation sites excluding steroid dienone is 8. The first-order valence-corrected chi connectivity index (χ1v) is 20.4. The topological polar surface area (TPSA) is 16.4 Å². The van der Waals surface area contributed by atoms with E-state index in [4.69, 9.17) is 4.42 Å². The van der Waals surface area contributed by atoms with Gasteiger partial charge in [-0.15, -0.1) is 0 Å². The van der Waals surface area contributed by atoms with Crippen molar-refractivity contribution in [2.24, 2.45) is 11.8 Å². The monoisotopic (exact) mass is 711 g/mol. The van der Waals surface area contributed by atoms with Crippen LogP contribution in [0.5, 0.6) is 0 Å². The second-order valence-corrected chi connectivity index (χ2v) is 17.9. The van der Waals surface area contributed by atoms with Crippen molar-refractivity contribution >= 4 is 45.0 Å². The van der Waals surface area contributed by atoms with Crippen molar-refractivity contribution < 1.29 is 4.42 Å². The number of nitrogens with zero attached hydrogens (tertiary/aromatic N) is 1. The molecule has 55 heavy (non-hydrogen) atoms. The van der Waals surface area contributed by atoms with E-state index < -0.39 is 0 Å². The number of para-hydroxylation sites is 1. The minimum Gasteiger partial charge on any atom is -0.455 e. The summed E-state index contributed by atoms with van der Waals surface area (Å²) < 4.78 is 6.75. The summed E-state index contributed by atoms with van der Waals surface area (Å²) in [5, 5.41) is 2.37. The largest absolute Gasteiger partial charge is 0.455 e. The van der Waals surface area contributed by atoms with Gasteiger partial charge in [0, 0.05) is 50.2 Å². The number of anilines is 2. The molecule has 1 saturated carbocycles. The summed E-state index contributed by atoms with van der Waals surface area (Å²) in [7, 11) is 0. The summed E-state index contributed by atoms with van der Waals surface area (Å²) in [5.41, 5.74) is 21.1. The van der Waals surface area contributed by atoms with Crippen LogP contribution in [0, 0.1) is 11.8 Å². The lowest BCUT2D eigenvalue weighted by Gasteiger charge is -2.35. The molecule has 1 aromatic heterocycles. The summed E-state index contributed by atoms with van der Waals surface area (Å²) in [4.78, 5) is 2.61. The van der Waals surface area contributed by atoms with Crippen LogP contribution in [-0.4, -0.2) is 0 Å². The number of furan rings is 1. The zero-order valence-electron chi connectivity index (χ0n) is 32.1. The first kappa shape index (κ1) is 31.7. The molecule has 0 spiro atoms. The van der Waals surface area contributed by atoms with Gasteiger partial charge in [-0.25, -0.2) is 0 Å². The predicted molar refractivity (Wildman–Crippen MR) is 229 cm³/mol. The standard InChI is InChI=1S/C53H45NO/c1-52(2)45-25-21-32(29-43(45)50-46(52)26-23-41-40-16-8-10-19-49(40)55-51(41)50)54(33-20-22-38-37-14-7-9-18-44(37)53(3,4)47(38)30-33)48-27-24-36(34-13-5-6-15-39(34)48)35-17-11-12-31-28-42(31)35/h5,7-14,16-21,23-27,29-31,38,42H,6,15,22,28H2,1-4H3. The molecule has 1 fully saturated rings. The fraction of sp³-hybridized carbons (Fsp3) is 0.245. The van der Waals surface area contributed by atoms with Crippen LogP contribution in [0.25, 0.3) is 44.7 Å². The van der Waals surface area contributed by atoms with Crippen molar-refractivity contribution in [3.05, 3.63) is 178 Å². The summed E-state index contributed by atoms with van der Waals surface area (Å²) >= 11 is 0. The van der Waals surface area contributed by atoms with Gasteiger partial charge in [0.05, 0.1) is 0 Å². The molecule has 0 N–H and O–H groups in total. The van der Waals surface area contributed by atoms with Gasteiger partial charge in [-0.05, 0) is 118 Å². The van der Waals surface area contributed by atoms with Gasteiger partial charge in [0.25, 0.3) is 0 Å². The molecule has 6 aromatic rings. The van der Waals surface area contributed by atoms with E-state index in [0.717, 1.165) is 30.4 Å². The Bertz CT molecular complexity index is 2850. The maximum Gasteiger partial charge on any atom is 0.143 e. The lowest BCUT2D eigenvalue weighted by Crippen LogP contribution is -2.24. The van der Waals surface area contributed by atoms with Gasteiger partial charge < -0.3 is 9.32 Å². The van der Waals surface area contributed by atoms with Gasteiger partial charge in [0.15, 0.2) is 0 Å². The molecule has 3 atom stereocenters. The first-order valence-electron chi connectivity index (χ1n) is 20.4. The van der Waals surface area contributed by atoms with Crippen molar-refractivity contribution in [2.75, 3.05) is 4.90 Å². The smallest absolute Gasteiger partial charge is 0.143 e. The van der Waals surface area contributed by atoms with Crippen molar-refractivity contribution in [1.29, 1.82) is 0 Å². The molecule has 6 aliphatic carbocycles. The highest BCUT2D eigenvalue weighted by molar-refractivity contribution is 6.12. The average Bonchev–Trinajstić information content (AvgIpc) is 3.80. The van der Waals surface area contributed by atoms with E-state index >= 15 is 0 Å². The Morgan fingerprint density at radius 2 is 1.64 bits per heavy atom. The molecule has 0 bridgehead atoms. The molecule has 0 aliphatic heterocycles. The highest BCUT2D eigenvalue weighted by Gasteiger charge is 2.44. The fourth-order valence-corrected chi connectivity index (χ4v) is 11.3. The van der Waals surface area contributed by atoms with Gasteiger partial charge in [-0.1, -0.05) is 136 Å². The zero-order valence-corrected chi connectivity index (χ0v) is 32.1. The third-order valence-corrected chi connectivity index (χ3v) is 14.3. The SMILES string of the molecule is CC1(C)C2=CC(N(c3ccc4c(c3)-c3c(ccc5c3oc3ccccc35)C4(C)C)c3ccc(C4=CC=CC5CC45)c4c3CCC=C4)=CCC2c2ccccc21. The van der Waals surface area contributed by atoms with E-state index in [9.17, 15) is 0 Å². The van der Waals surface area contributed by atoms with Crippen LogP contribution in [0.1, 0.15) is 91.8 Å². The summed E-state index contributed by atoms with van der Waals surface area (Å²) in [6.45, 7) is 9.60. The quantitative estimate of drug-likeness (QED) is 0.181. The maximum atomic E-state index is 6.75. The van der Waals surface area contributed by atoms with Crippen LogP contribution in [0.3, 0.4) is 0 Å². The average molecular weight is 712 g/mol. The molecule has 2 nitrogen and oxygen atoms in total. The van der Waals surface area contributed by atoms with Crippen molar-refractivity contribution in [1.82, 2.24) is 0 Å². The minimum absolute atomic E-state index is 0.0337. The summed E-state index contributed by atoms with van der Waals surface area (Å²) in [6.07, 6.45) is 21.3. The molecule has 1 heterocycles. The van der Waals surface area contributed by atoms with Gasteiger partial charge in [-0.3, -0.25) is 0 Å². The number of fused-ring (bicyclic) bond motifs is 12. The normalized spacial score (nSPS) is 22.9. The molecule has 0 amide bonds. The second kappa shape index (κ2) is 11.0. The van der Waals surface area contributed by atoms with E-state index in [0.29, 0.717) is 17.8 Å². The van der Waals surface area contributed by atoms with Crippen molar-refractivity contribution in [3.63, 3.8) is 0 Å². The molecule has 3 unspecified atom stereocenters. The lowest BCUT2D eigenvalue weighted by molar-refractivity contribution is 0.609. The minimum atomic E-state index is -0.144. The molecule has 12 rings (SSSR count). The van der Waals surface area contributed by atoms with Crippen molar-refractivity contribution in [2.45, 2.75) is 70.1 Å². The molecule has 0 saturated heterocycles. The molecule has 5 aromatic carbocycles. The van der Waals surface area contributed by atoms with E-state index in [1.807, 2.05) is 0 Å². The molecule has 0 radical (unpaired) electrons. The Labute approximate surface area is 323 Å². The molecule has 2 heteroatoms. The Morgan fingerprint density at radius 1 is 0.782 bits per heavy atom. The number of rotatable bonds is 4. The third kappa shape index (κ3) is 4.31. The van der Waals surface area contributed by atoms with Crippen LogP contribution < -0.4 is 4.90 Å². The Morgan fingerprint density at radius 3 is 2.56 bits per heavy atom. The van der Waals surface area contributed by atoms with E-state index in [2.05, 4.69) is 166 Å². The van der Waals surface area contributed by atoms with E-state index in [1.165, 1.54) is 95.5 Å². The second-order valence-electron chi connectivity index (χ2n) is 17.9. The molecule has 268 valence electrons. The summed E-state index contributed by atoms with van der Waals surface area (Å²) in [6, 6.07) is 34.4. The fourth-order valence-electron chi connectivity index (χ4n) is 11.3. The van der Waals surface area contributed by atoms with E-state index in [1.54, 1.807) is 0 Å². The van der Waals surface area contributed by atoms with Crippen molar-refractivity contribution in [3.8, 4) is 11.1 Å². The number of benzene rings is 5.